The average molecular weight is 434 g/mol. The molecule has 160 valence electrons. The molecule has 0 N–H and O–H groups in total. The largest absolute Gasteiger partial charge is 0.314 e. The first kappa shape index (κ1) is 19.1. The van der Waals surface area contributed by atoms with Crippen molar-refractivity contribution in [2.75, 3.05) is 4.90 Å². The van der Waals surface area contributed by atoms with E-state index in [9.17, 15) is 0 Å². The SMILES string of the molecule is C1=C(N(c2ccccc2)c2ccccc2)Cc2ccc3c(ccc4cc5ccccc5cc43)c21. The number of rotatable bonds is 3. The molecule has 0 radical (unpaired) electrons. The molecule has 6 aromatic rings. The Kier molecular flexibility index (Phi) is 4.28. The van der Waals surface area contributed by atoms with Crippen LogP contribution >= 0.6 is 0 Å². The Morgan fingerprint density at radius 2 is 1.09 bits per heavy atom. The average Bonchev–Trinajstić information content (AvgIpc) is 3.33. The highest BCUT2D eigenvalue weighted by atomic mass is 15.1. The number of hydrogen-bond donors (Lipinski definition) is 0. The van der Waals surface area contributed by atoms with Crippen molar-refractivity contribution in [2.45, 2.75) is 6.42 Å². The molecule has 1 aliphatic rings. The van der Waals surface area contributed by atoms with Crippen molar-refractivity contribution in [2.24, 2.45) is 0 Å². The lowest BCUT2D eigenvalue weighted by atomic mass is 9.94. The molecule has 0 heterocycles. The van der Waals surface area contributed by atoms with Gasteiger partial charge in [0.2, 0.25) is 0 Å². The lowest BCUT2D eigenvalue weighted by Gasteiger charge is -2.26. The number of anilines is 2. The molecule has 0 saturated heterocycles. The third kappa shape index (κ3) is 3.02. The summed E-state index contributed by atoms with van der Waals surface area (Å²) in [5.74, 6) is 0. The van der Waals surface area contributed by atoms with Crippen LogP contribution in [0.4, 0.5) is 11.4 Å². The van der Waals surface area contributed by atoms with E-state index in [2.05, 4.69) is 132 Å². The maximum Gasteiger partial charge on any atom is 0.0458 e. The zero-order chi connectivity index (χ0) is 22.5. The van der Waals surface area contributed by atoms with Crippen LogP contribution in [0.2, 0.25) is 0 Å². The molecule has 1 aliphatic carbocycles. The van der Waals surface area contributed by atoms with Gasteiger partial charge >= 0.3 is 0 Å². The fourth-order valence-corrected chi connectivity index (χ4v) is 5.41. The second-order valence-electron chi connectivity index (χ2n) is 9.04. The van der Waals surface area contributed by atoms with E-state index in [4.69, 9.17) is 0 Å². The molecule has 0 amide bonds. The van der Waals surface area contributed by atoms with Gasteiger partial charge in [0.05, 0.1) is 0 Å². The third-order valence-corrected chi connectivity index (χ3v) is 7.01. The van der Waals surface area contributed by atoms with Gasteiger partial charge in [-0.3, -0.25) is 0 Å². The summed E-state index contributed by atoms with van der Waals surface area (Å²) in [6, 6.07) is 43.9. The van der Waals surface area contributed by atoms with Crippen LogP contribution in [-0.2, 0) is 6.42 Å². The molecular weight excluding hydrogens is 410 g/mol. The molecule has 0 atom stereocenters. The first-order chi connectivity index (χ1) is 16.8. The predicted octanol–water partition coefficient (Wildman–Crippen LogP) is 8.88. The molecule has 0 bridgehead atoms. The lowest BCUT2D eigenvalue weighted by Crippen LogP contribution is -2.16. The van der Waals surface area contributed by atoms with E-state index in [1.54, 1.807) is 0 Å². The summed E-state index contributed by atoms with van der Waals surface area (Å²) in [6.45, 7) is 0. The molecule has 0 fully saturated rings. The van der Waals surface area contributed by atoms with Crippen LogP contribution in [0.3, 0.4) is 0 Å². The molecule has 34 heavy (non-hydrogen) atoms. The van der Waals surface area contributed by atoms with Crippen molar-refractivity contribution in [1.29, 1.82) is 0 Å². The first-order valence-corrected chi connectivity index (χ1v) is 11.8. The van der Waals surface area contributed by atoms with Gasteiger partial charge in [-0.1, -0.05) is 84.9 Å². The van der Waals surface area contributed by atoms with Crippen molar-refractivity contribution in [3.8, 4) is 0 Å². The van der Waals surface area contributed by atoms with Crippen LogP contribution in [0.25, 0.3) is 38.4 Å². The number of para-hydroxylation sites is 2. The van der Waals surface area contributed by atoms with Crippen molar-refractivity contribution in [3.63, 3.8) is 0 Å². The van der Waals surface area contributed by atoms with Crippen molar-refractivity contribution < 1.29 is 0 Å². The molecule has 0 aliphatic heterocycles. The van der Waals surface area contributed by atoms with Crippen LogP contribution in [0.5, 0.6) is 0 Å². The smallest absolute Gasteiger partial charge is 0.0458 e. The molecule has 1 heteroatoms. The minimum Gasteiger partial charge on any atom is -0.314 e. The van der Waals surface area contributed by atoms with E-state index in [1.165, 1.54) is 60.5 Å². The summed E-state index contributed by atoms with van der Waals surface area (Å²) < 4.78 is 0. The van der Waals surface area contributed by atoms with Crippen LogP contribution < -0.4 is 4.90 Å². The van der Waals surface area contributed by atoms with Gasteiger partial charge < -0.3 is 4.90 Å². The highest BCUT2D eigenvalue weighted by Crippen LogP contribution is 2.40. The summed E-state index contributed by atoms with van der Waals surface area (Å²) in [5.41, 5.74) is 6.42. The highest BCUT2D eigenvalue weighted by Gasteiger charge is 2.22. The van der Waals surface area contributed by atoms with Gasteiger partial charge in [0, 0.05) is 23.5 Å². The van der Waals surface area contributed by atoms with Gasteiger partial charge in [0.25, 0.3) is 0 Å². The number of nitrogens with zero attached hydrogens (tertiary/aromatic N) is 1. The van der Waals surface area contributed by atoms with E-state index in [1.807, 2.05) is 0 Å². The van der Waals surface area contributed by atoms with Crippen molar-refractivity contribution >= 4 is 49.8 Å². The fraction of sp³-hybridized carbons (Fsp3) is 0.0303. The van der Waals surface area contributed by atoms with Gasteiger partial charge in [-0.2, -0.15) is 0 Å². The van der Waals surface area contributed by atoms with E-state index in [-0.39, 0.29) is 0 Å². The number of benzene rings is 6. The molecule has 0 aromatic heterocycles. The standard InChI is InChI=1S/C33H23N/c1-3-11-27(12-4-1)34(28-13-5-2-6-14-28)29-20-26-16-18-30-31(33(26)22-29)17-15-25-19-23-9-7-8-10-24(23)21-32(25)30/h1-19,21-22H,20H2. The van der Waals surface area contributed by atoms with Crippen LogP contribution in [0, 0.1) is 0 Å². The second kappa shape index (κ2) is 7.60. The molecule has 6 aromatic carbocycles. The van der Waals surface area contributed by atoms with Gasteiger partial charge in [0.1, 0.15) is 0 Å². The Morgan fingerprint density at radius 1 is 0.471 bits per heavy atom. The van der Waals surface area contributed by atoms with Gasteiger partial charge in [-0.15, -0.1) is 0 Å². The maximum atomic E-state index is 2.39. The highest BCUT2D eigenvalue weighted by molar-refractivity contribution is 6.14. The zero-order valence-corrected chi connectivity index (χ0v) is 18.8. The van der Waals surface area contributed by atoms with E-state index in [0.717, 1.165) is 6.42 Å². The van der Waals surface area contributed by atoms with Crippen LogP contribution in [-0.4, -0.2) is 0 Å². The minimum absolute atomic E-state index is 0.921. The van der Waals surface area contributed by atoms with E-state index >= 15 is 0 Å². The summed E-state index contributed by atoms with van der Waals surface area (Å²) >= 11 is 0. The van der Waals surface area contributed by atoms with E-state index in [0.29, 0.717) is 0 Å². The Hall–Kier alpha value is -4.36. The number of hydrogen-bond acceptors (Lipinski definition) is 1. The summed E-state index contributed by atoms with van der Waals surface area (Å²) in [6.07, 6.45) is 3.31. The quantitative estimate of drug-likeness (QED) is 0.199. The summed E-state index contributed by atoms with van der Waals surface area (Å²) in [4.78, 5) is 2.39. The second-order valence-corrected chi connectivity index (χ2v) is 9.04. The Balaban J connectivity index is 1.42. The molecule has 7 rings (SSSR count). The molecule has 0 saturated carbocycles. The monoisotopic (exact) mass is 433 g/mol. The predicted molar refractivity (Wildman–Crippen MR) is 146 cm³/mol. The topological polar surface area (TPSA) is 3.24 Å². The molecule has 1 nitrogen and oxygen atoms in total. The molecular formula is C33H23N. The Morgan fingerprint density at radius 3 is 1.79 bits per heavy atom. The van der Waals surface area contributed by atoms with Gasteiger partial charge in [-0.05, 0) is 85.9 Å². The lowest BCUT2D eigenvalue weighted by molar-refractivity contribution is 1.08. The summed E-state index contributed by atoms with van der Waals surface area (Å²) in [7, 11) is 0. The van der Waals surface area contributed by atoms with Crippen LogP contribution in [0.1, 0.15) is 11.1 Å². The Labute approximate surface area is 199 Å². The molecule has 0 unspecified atom stereocenters. The van der Waals surface area contributed by atoms with Crippen molar-refractivity contribution in [3.05, 3.63) is 138 Å². The number of fused-ring (bicyclic) bond motifs is 6. The van der Waals surface area contributed by atoms with E-state index < -0.39 is 0 Å². The van der Waals surface area contributed by atoms with Gasteiger partial charge in [0.15, 0.2) is 0 Å². The molecule has 0 spiro atoms. The normalized spacial score (nSPS) is 12.8. The number of allylic oxidation sites excluding steroid dienone is 1. The fourth-order valence-electron chi connectivity index (χ4n) is 5.41. The van der Waals surface area contributed by atoms with Crippen molar-refractivity contribution in [1.82, 2.24) is 0 Å². The zero-order valence-electron chi connectivity index (χ0n) is 18.8. The maximum absolute atomic E-state index is 2.39. The third-order valence-electron chi connectivity index (χ3n) is 7.01. The summed E-state index contributed by atoms with van der Waals surface area (Å²) in [5, 5.41) is 7.85. The first-order valence-electron chi connectivity index (χ1n) is 11.8. The van der Waals surface area contributed by atoms with Crippen LogP contribution in [0.15, 0.2) is 127 Å². The Bertz CT molecular complexity index is 1670. The minimum atomic E-state index is 0.921. The van der Waals surface area contributed by atoms with Gasteiger partial charge in [-0.25, -0.2) is 0 Å².